The molecule has 0 amide bonds. The van der Waals surface area contributed by atoms with Crippen LogP contribution in [0, 0.1) is 5.82 Å². The molecule has 0 atom stereocenters. The molecule has 0 aromatic heterocycles. The van der Waals surface area contributed by atoms with Crippen molar-refractivity contribution in [1.82, 2.24) is 0 Å². The summed E-state index contributed by atoms with van der Waals surface area (Å²) in [6.07, 6.45) is 0.946. The highest BCUT2D eigenvalue weighted by atomic mass is 19.1. The first-order valence-corrected chi connectivity index (χ1v) is 7.00. The van der Waals surface area contributed by atoms with Crippen LogP contribution >= 0.6 is 0 Å². The van der Waals surface area contributed by atoms with Crippen molar-refractivity contribution in [2.75, 3.05) is 20.8 Å². The fraction of sp³-hybridized carbons (Fsp3) is 0.294. The van der Waals surface area contributed by atoms with E-state index in [1.165, 1.54) is 17.7 Å². The topological polar surface area (TPSA) is 35.1 Å². The normalized spacial score (nSPS) is 10.4. The highest BCUT2D eigenvalue weighted by Crippen LogP contribution is 2.27. The van der Waals surface area contributed by atoms with Crippen molar-refractivity contribution in [1.29, 1.82) is 0 Å². The molecule has 0 saturated heterocycles. The van der Waals surface area contributed by atoms with E-state index in [0.717, 1.165) is 36.6 Å². The molecule has 21 heavy (non-hydrogen) atoms. The summed E-state index contributed by atoms with van der Waals surface area (Å²) in [6, 6.07) is 12.6. The minimum atomic E-state index is -0.191. The van der Waals surface area contributed by atoms with Gasteiger partial charge in [0, 0.05) is 12.0 Å². The number of hydrogen-bond donors (Lipinski definition) is 1. The lowest BCUT2D eigenvalue weighted by atomic mass is 10.1. The van der Waals surface area contributed by atoms with E-state index < -0.39 is 0 Å². The van der Waals surface area contributed by atoms with Crippen LogP contribution in [-0.4, -0.2) is 20.8 Å². The van der Waals surface area contributed by atoms with Crippen LogP contribution in [0.15, 0.2) is 42.5 Å². The molecule has 0 aliphatic heterocycles. The van der Waals surface area contributed by atoms with Crippen LogP contribution in [-0.2, 0) is 13.0 Å². The first-order chi connectivity index (χ1) is 10.2. The molecule has 112 valence electrons. The van der Waals surface area contributed by atoms with Crippen LogP contribution in [0.3, 0.4) is 0 Å². The Morgan fingerprint density at radius 1 is 0.905 bits per heavy atom. The molecule has 2 aromatic rings. The molecular formula is C17H21FNO2+. The van der Waals surface area contributed by atoms with Crippen LogP contribution < -0.4 is 14.8 Å². The SMILES string of the molecule is COc1ccc(CC[NH2+]Cc2ccc(F)cc2)cc1OC. The summed E-state index contributed by atoms with van der Waals surface area (Å²) in [6.45, 7) is 1.82. The van der Waals surface area contributed by atoms with Crippen LogP contribution in [0.25, 0.3) is 0 Å². The van der Waals surface area contributed by atoms with Gasteiger partial charge in [0.15, 0.2) is 11.5 Å². The minimum absolute atomic E-state index is 0.191. The predicted octanol–water partition coefficient (Wildman–Crippen LogP) is 2.15. The van der Waals surface area contributed by atoms with E-state index in [-0.39, 0.29) is 5.82 Å². The molecule has 0 aliphatic carbocycles. The molecule has 2 aromatic carbocycles. The summed E-state index contributed by atoms with van der Waals surface area (Å²) < 4.78 is 23.3. The van der Waals surface area contributed by atoms with Gasteiger partial charge in [0.05, 0.1) is 20.8 Å². The van der Waals surface area contributed by atoms with Gasteiger partial charge in [0.1, 0.15) is 12.4 Å². The van der Waals surface area contributed by atoms with Gasteiger partial charge >= 0.3 is 0 Å². The van der Waals surface area contributed by atoms with Crippen molar-refractivity contribution in [2.24, 2.45) is 0 Å². The Bertz CT molecular complexity index is 570. The van der Waals surface area contributed by atoms with Gasteiger partial charge in [0.25, 0.3) is 0 Å². The summed E-state index contributed by atoms with van der Waals surface area (Å²) in [7, 11) is 3.27. The molecule has 4 heteroatoms. The smallest absolute Gasteiger partial charge is 0.160 e. The van der Waals surface area contributed by atoms with Gasteiger partial charge in [-0.15, -0.1) is 0 Å². The number of nitrogens with two attached hydrogens (primary N) is 1. The highest BCUT2D eigenvalue weighted by molar-refractivity contribution is 5.42. The predicted molar refractivity (Wildman–Crippen MR) is 80.1 cm³/mol. The summed E-state index contributed by atoms with van der Waals surface area (Å²) in [5.41, 5.74) is 2.34. The Labute approximate surface area is 124 Å². The maximum absolute atomic E-state index is 12.8. The summed E-state index contributed by atoms with van der Waals surface area (Å²) in [5.74, 6) is 1.31. The van der Waals surface area contributed by atoms with Gasteiger partial charge in [-0.25, -0.2) is 4.39 Å². The molecule has 2 N–H and O–H groups in total. The molecule has 2 rings (SSSR count). The third-order valence-corrected chi connectivity index (χ3v) is 3.38. The molecule has 0 radical (unpaired) electrons. The fourth-order valence-corrected chi connectivity index (χ4v) is 2.19. The Morgan fingerprint density at radius 2 is 1.57 bits per heavy atom. The zero-order valence-electron chi connectivity index (χ0n) is 12.4. The molecule has 0 heterocycles. The molecular weight excluding hydrogens is 269 g/mol. The van der Waals surface area contributed by atoms with Crippen molar-refractivity contribution < 1.29 is 19.2 Å². The molecule has 0 fully saturated rings. The largest absolute Gasteiger partial charge is 0.493 e. The third kappa shape index (κ3) is 4.46. The van der Waals surface area contributed by atoms with Crippen molar-refractivity contribution in [2.45, 2.75) is 13.0 Å². The van der Waals surface area contributed by atoms with Gasteiger partial charge in [0.2, 0.25) is 0 Å². The number of ether oxygens (including phenoxy) is 2. The Kier molecular flexibility index (Phi) is 5.58. The Balaban J connectivity index is 1.82. The minimum Gasteiger partial charge on any atom is -0.493 e. The number of hydrogen-bond acceptors (Lipinski definition) is 2. The van der Waals surface area contributed by atoms with E-state index in [1.807, 2.05) is 30.3 Å². The van der Waals surface area contributed by atoms with Crippen LogP contribution in [0.1, 0.15) is 11.1 Å². The van der Waals surface area contributed by atoms with E-state index in [4.69, 9.17) is 9.47 Å². The van der Waals surface area contributed by atoms with Crippen LogP contribution in [0.5, 0.6) is 11.5 Å². The quantitative estimate of drug-likeness (QED) is 0.793. The maximum atomic E-state index is 12.8. The lowest BCUT2D eigenvalue weighted by Gasteiger charge is -2.09. The van der Waals surface area contributed by atoms with Crippen molar-refractivity contribution >= 4 is 0 Å². The Morgan fingerprint density at radius 3 is 2.24 bits per heavy atom. The second kappa shape index (κ2) is 7.64. The number of benzene rings is 2. The molecule has 0 saturated carbocycles. The molecule has 3 nitrogen and oxygen atoms in total. The van der Waals surface area contributed by atoms with Gasteiger partial charge in [-0.2, -0.15) is 0 Å². The number of quaternary nitrogens is 1. The maximum Gasteiger partial charge on any atom is 0.160 e. The van der Waals surface area contributed by atoms with Crippen molar-refractivity contribution in [3.63, 3.8) is 0 Å². The lowest BCUT2D eigenvalue weighted by molar-refractivity contribution is -0.670. The van der Waals surface area contributed by atoms with Gasteiger partial charge in [-0.1, -0.05) is 18.2 Å². The first kappa shape index (κ1) is 15.3. The Hall–Kier alpha value is -2.07. The average Bonchev–Trinajstić information content (AvgIpc) is 2.53. The number of rotatable bonds is 7. The monoisotopic (exact) mass is 290 g/mol. The third-order valence-electron chi connectivity index (χ3n) is 3.38. The number of halogens is 1. The highest BCUT2D eigenvalue weighted by Gasteiger charge is 2.05. The molecule has 0 spiro atoms. The summed E-state index contributed by atoms with van der Waals surface area (Å²) >= 11 is 0. The lowest BCUT2D eigenvalue weighted by Crippen LogP contribution is -2.83. The van der Waals surface area contributed by atoms with E-state index in [9.17, 15) is 4.39 Å². The summed E-state index contributed by atoms with van der Waals surface area (Å²) in [5, 5.41) is 2.21. The van der Waals surface area contributed by atoms with Crippen molar-refractivity contribution in [3.8, 4) is 11.5 Å². The first-order valence-electron chi connectivity index (χ1n) is 7.00. The zero-order valence-corrected chi connectivity index (χ0v) is 12.4. The molecule has 0 bridgehead atoms. The van der Waals surface area contributed by atoms with Crippen LogP contribution in [0.4, 0.5) is 4.39 Å². The average molecular weight is 290 g/mol. The number of methoxy groups -OCH3 is 2. The van der Waals surface area contributed by atoms with Gasteiger partial charge < -0.3 is 14.8 Å². The second-order valence-electron chi connectivity index (χ2n) is 4.85. The van der Waals surface area contributed by atoms with Crippen molar-refractivity contribution in [3.05, 3.63) is 59.4 Å². The molecule has 0 aliphatic rings. The standard InChI is InChI=1S/C17H20FNO2/c1-20-16-8-5-13(11-17(16)21-2)9-10-19-12-14-3-6-15(18)7-4-14/h3-8,11,19H,9-10,12H2,1-2H3/p+1. The van der Waals surface area contributed by atoms with Crippen LogP contribution in [0.2, 0.25) is 0 Å². The summed E-state index contributed by atoms with van der Waals surface area (Å²) in [4.78, 5) is 0. The van der Waals surface area contributed by atoms with E-state index in [0.29, 0.717) is 0 Å². The van der Waals surface area contributed by atoms with Gasteiger partial charge in [-0.05, 0) is 29.8 Å². The fourth-order valence-electron chi connectivity index (χ4n) is 2.19. The second-order valence-corrected chi connectivity index (χ2v) is 4.85. The van der Waals surface area contributed by atoms with E-state index in [1.54, 1.807) is 14.2 Å². The zero-order chi connectivity index (χ0) is 15.1. The van der Waals surface area contributed by atoms with E-state index in [2.05, 4.69) is 5.32 Å². The molecule has 0 unspecified atom stereocenters. The van der Waals surface area contributed by atoms with E-state index >= 15 is 0 Å². The van der Waals surface area contributed by atoms with Gasteiger partial charge in [-0.3, -0.25) is 0 Å².